The van der Waals surface area contributed by atoms with E-state index in [2.05, 4.69) is 47.6 Å². The van der Waals surface area contributed by atoms with Gasteiger partial charge in [0.25, 0.3) is 0 Å². The Labute approximate surface area is 95.5 Å². The highest BCUT2D eigenvalue weighted by Crippen LogP contribution is 2.11. The predicted molar refractivity (Wildman–Crippen MR) is 69.0 cm³/mol. The first-order chi connectivity index (χ1) is 7.22. The highest BCUT2D eigenvalue weighted by atomic mass is 31.0. The molecule has 1 nitrogen and oxygen atoms in total. The van der Waals surface area contributed by atoms with Crippen molar-refractivity contribution in [2.24, 2.45) is 5.92 Å². The van der Waals surface area contributed by atoms with Gasteiger partial charge in [0.1, 0.15) is 0 Å². The first-order valence-electron chi connectivity index (χ1n) is 5.62. The Balaban J connectivity index is 2.42. The van der Waals surface area contributed by atoms with E-state index in [-0.39, 0.29) is 0 Å². The van der Waals surface area contributed by atoms with Gasteiger partial charge in [-0.25, -0.2) is 0 Å². The largest absolute Gasteiger partial charge is 0.366 e. The maximum Gasteiger partial charge on any atom is 0.0505 e. The van der Waals surface area contributed by atoms with Crippen molar-refractivity contribution in [3.8, 4) is 0 Å². The van der Waals surface area contributed by atoms with Gasteiger partial charge in [-0.1, -0.05) is 38.1 Å². The van der Waals surface area contributed by atoms with Crippen LogP contribution in [0.1, 0.15) is 31.4 Å². The molecule has 0 aliphatic carbocycles. The third kappa shape index (κ3) is 5.30. The summed E-state index contributed by atoms with van der Waals surface area (Å²) in [7, 11) is 2.29. The van der Waals surface area contributed by atoms with Crippen LogP contribution in [-0.2, 0) is 17.4 Å². The normalized spacial score (nSPS) is 10.9. The molecule has 1 atom stereocenters. The molecule has 0 fully saturated rings. The Morgan fingerprint density at radius 1 is 1.13 bits per heavy atom. The molecule has 2 heteroatoms. The second-order valence-corrected chi connectivity index (χ2v) is 4.72. The summed E-state index contributed by atoms with van der Waals surface area (Å²) in [5.74, 6) is 0.737. The molecule has 0 heterocycles. The van der Waals surface area contributed by atoms with Crippen molar-refractivity contribution in [2.45, 2.75) is 33.1 Å². The van der Waals surface area contributed by atoms with Crippen LogP contribution in [0.4, 0.5) is 0 Å². The third-order valence-corrected chi connectivity index (χ3v) is 2.63. The van der Waals surface area contributed by atoms with E-state index in [0.29, 0.717) is 0 Å². The molecule has 0 saturated carbocycles. The highest BCUT2D eigenvalue weighted by molar-refractivity contribution is 7.09. The van der Waals surface area contributed by atoms with E-state index < -0.39 is 0 Å². The van der Waals surface area contributed by atoms with Crippen LogP contribution in [0, 0.1) is 5.92 Å². The van der Waals surface area contributed by atoms with Crippen LogP contribution in [0.3, 0.4) is 0 Å². The fourth-order valence-electron chi connectivity index (χ4n) is 1.67. The Hall–Kier alpha value is -0.390. The number of rotatable bonds is 6. The standard InChI is InChI=1S/C13H21OP/c1-11(2)10-13-7-5-12(6-8-13)4-3-9-14-15/h5-8,11H,3-4,9-10,15H2,1-2H3. The summed E-state index contributed by atoms with van der Waals surface area (Å²) in [5, 5.41) is 0. The number of hydrogen-bond acceptors (Lipinski definition) is 1. The lowest BCUT2D eigenvalue weighted by atomic mass is 10.0. The summed E-state index contributed by atoms with van der Waals surface area (Å²) in [6, 6.07) is 8.97. The van der Waals surface area contributed by atoms with Crippen LogP contribution in [0.5, 0.6) is 0 Å². The van der Waals surface area contributed by atoms with E-state index in [4.69, 9.17) is 4.52 Å². The minimum atomic E-state index is 0.737. The van der Waals surface area contributed by atoms with Gasteiger partial charge in [-0.15, -0.1) is 0 Å². The summed E-state index contributed by atoms with van der Waals surface area (Å²) >= 11 is 0. The van der Waals surface area contributed by atoms with Crippen molar-refractivity contribution in [1.29, 1.82) is 0 Å². The van der Waals surface area contributed by atoms with E-state index in [1.807, 2.05) is 0 Å². The molecule has 1 unspecified atom stereocenters. The zero-order valence-electron chi connectivity index (χ0n) is 9.70. The molecule has 0 aromatic heterocycles. The minimum absolute atomic E-state index is 0.737. The van der Waals surface area contributed by atoms with Gasteiger partial charge in [0, 0.05) is 9.47 Å². The van der Waals surface area contributed by atoms with Gasteiger partial charge in [0.15, 0.2) is 0 Å². The smallest absolute Gasteiger partial charge is 0.0505 e. The topological polar surface area (TPSA) is 9.23 Å². The van der Waals surface area contributed by atoms with Crippen LogP contribution >= 0.6 is 9.47 Å². The molecule has 0 saturated heterocycles. The summed E-state index contributed by atoms with van der Waals surface area (Å²) in [6.07, 6.45) is 3.37. The monoisotopic (exact) mass is 224 g/mol. The second kappa shape index (κ2) is 6.98. The van der Waals surface area contributed by atoms with Crippen molar-refractivity contribution in [3.05, 3.63) is 35.4 Å². The molecule has 0 spiro atoms. The molecule has 0 aliphatic heterocycles. The maximum atomic E-state index is 4.96. The van der Waals surface area contributed by atoms with E-state index in [0.717, 1.165) is 25.4 Å². The van der Waals surface area contributed by atoms with Crippen molar-refractivity contribution < 1.29 is 4.52 Å². The minimum Gasteiger partial charge on any atom is -0.366 e. The fraction of sp³-hybridized carbons (Fsp3) is 0.538. The van der Waals surface area contributed by atoms with Gasteiger partial charge in [0.2, 0.25) is 0 Å². The molecule has 0 amide bonds. The molecule has 0 bridgehead atoms. The molecule has 0 N–H and O–H groups in total. The van der Waals surface area contributed by atoms with Gasteiger partial charge in [0.05, 0.1) is 6.61 Å². The summed E-state index contributed by atoms with van der Waals surface area (Å²) in [5.41, 5.74) is 2.85. The molecular weight excluding hydrogens is 203 g/mol. The molecule has 15 heavy (non-hydrogen) atoms. The molecule has 1 rings (SSSR count). The van der Waals surface area contributed by atoms with Crippen LogP contribution in [0.15, 0.2) is 24.3 Å². The Bertz CT molecular complexity index is 266. The van der Waals surface area contributed by atoms with Crippen molar-refractivity contribution in [2.75, 3.05) is 6.61 Å². The first-order valence-corrected chi connectivity index (χ1v) is 6.09. The third-order valence-electron chi connectivity index (χ3n) is 2.39. The quantitative estimate of drug-likeness (QED) is 0.529. The van der Waals surface area contributed by atoms with Crippen molar-refractivity contribution >= 4 is 9.47 Å². The van der Waals surface area contributed by atoms with Gasteiger partial charge >= 0.3 is 0 Å². The lowest BCUT2D eigenvalue weighted by Gasteiger charge is -2.06. The number of hydrogen-bond donors (Lipinski definition) is 0. The summed E-state index contributed by atoms with van der Waals surface area (Å²) in [6.45, 7) is 5.33. The van der Waals surface area contributed by atoms with Crippen molar-refractivity contribution in [3.63, 3.8) is 0 Å². The Morgan fingerprint density at radius 2 is 1.73 bits per heavy atom. The van der Waals surface area contributed by atoms with Gasteiger partial charge in [-0.2, -0.15) is 0 Å². The molecule has 0 radical (unpaired) electrons. The van der Waals surface area contributed by atoms with E-state index in [1.165, 1.54) is 17.5 Å². The van der Waals surface area contributed by atoms with E-state index in [1.54, 1.807) is 0 Å². The molecular formula is C13H21OP. The van der Waals surface area contributed by atoms with Crippen LogP contribution in [0.2, 0.25) is 0 Å². The second-order valence-electron chi connectivity index (χ2n) is 4.39. The van der Waals surface area contributed by atoms with Crippen LogP contribution in [0.25, 0.3) is 0 Å². The maximum absolute atomic E-state index is 4.96. The lowest BCUT2D eigenvalue weighted by Crippen LogP contribution is -1.95. The molecule has 0 aliphatic rings. The zero-order valence-corrected chi connectivity index (χ0v) is 10.9. The highest BCUT2D eigenvalue weighted by Gasteiger charge is 1.98. The van der Waals surface area contributed by atoms with Gasteiger partial charge < -0.3 is 4.52 Å². The zero-order chi connectivity index (χ0) is 11.1. The Morgan fingerprint density at radius 3 is 2.27 bits per heavy atom. The van der Waals surface area contributed by atoms with Gasteiger partial charge in [-0.3, -0.25) is 0 Å². The molecule has 84 valence electrons. The SMILES string of the molecule is CC(C)Cc1ccc(CCCOP)cc1. The summed E-state index contributed by atoms with van der Waals surface area (Å²) < 4.78 is 4.96. The van der Waals surface area contributed by atoms with Crippen LogP contribution in [-0.4, -0.2) is 6.61 Å². The van der Waals surface area contributed by atoms with Crippen LogP contribution < -0.4 is 0 Å². The van der Waals surface area contributed by atoms with E-state index >= 15 is 0 Å². The fourth-order valence-corrected chi connectivity index (χ4v) is 1.84. The summed E-state index contributed by atoms with van der Waals surface area (Å²) in [4.78, 5) is 0. The number of benzene rings is 1. The Kier molecular flexibility index (Phi) is 5.90. The van der Waals surface area contributed by atoms with E-state index in [9.17, 15) is 0 Å². The molecule has 1 aromatic carbocycles. The predicted octanol–water partition coefficient (Wildman–Crippen LogP) is 3.62. The average Bonchev–Trinajstić information content (AvgIpc) is 2.20. The number of aryl methyl sites for hydroxylation is 1. The van der Waals surface area contributed by atoms with Crippen molar-refractivity contribution in [1.82, 2.24) is 0 Å². The average molecular weight is 224 g/mol. The lowest BCUT2D eigenvalue weighted by molar-refractivity contribution is 0.363. The molecule has 1 aromatic rings. The first kappa shape index (κ1) is 12.7. The van der Waals surface area contributed by atoms with Gasteiger partial charge in [-0.05, 0) is 36.3 Å².